The number of rotatable bonds is 3. The molecule has 1 aliphatic rings. The van der Waals surface area contributed by atoms with Crippen molar-refractivity contribution in [1.82, 2.24) is 20.1 Å². The van der Waals surface area contributed by atoms with Crippen LogP contribution >= 0.6 is 11.3 Å². The Morgan fingerprint density at radius 1 is 1.03 bits per heavy atom. The van der Waals surface area contributed by atoms with Crippen LogP contribution in [0.15, 0.2) is 40.8 Å². The van der Waals surface area contributed by atoms with E-state index in [2.05, 4.69) is 10.3 Å². The predicted octanol–water partition coefficient (Wildman–Crippen LogP) is 2.37. The van der Waals surface area contributed by atoms with Crippen molar-refractivity contribution in [3.63, 3.8) is 0 Å². The number of furan rings is 1. The molecule has 0 bridgehead atoms. The standard InChI is InChI=1S/C21H22N4O4S/c1-13(2)22-18(26)21(28)25-11-9-24(10-12-25)20(27)16-8-7-15(29-16)19-23-14-5-3-4-6-17(14)30-19/h3-8,13H,9-12H2,1-2H3,(H,22,26). The number of nitrogens with one attached hydrogen (secondary N) is 1. The smallest absolute Gasteiger partial charge is 0.312 e. The molecule has 1 N–H and O–H groups in total. The van der Waals surface area contributed by atoms with Crippen LogP contribution < -0.4 is 5.32 Å². The largest absolute Gasteiger partial charge is 0.448 e. The number of hydrogen-bond donors (Lipinski definition) is 1. The molecule has 2 aromatic heterocycles. The highest BCUT2D eigenvalue weighted by atomic mass is 32.1. The summed E-state index contributed by atoms with van der Waals surface area (Å²) in [4.78, 5) is 44.5. The van der Waals surface area contributed by atoms with E-state index < -0.39 is 11.8 Å². The summed E-state index contributed by atoms with van der Waals surface area (Å²) in [5, 5.41) is 3.32. The number of carbonyl (C=O) groups is 3. The van der Waals surface area contributed by atoms with Crippen LogP contribution in [0.2, 0.25) is 0 Å². The van der Waals surface area contributed by atoms with Crippen molar-refractivity contribution < 1.29 is 18.8 Å². The number of piperazine rings is 1. The molecule has 1 saturated heterocycles. The zero-order valence-electron chi connectivity index (χ0n) is 16.8. The van der Waals surface area contributed by atoms with Crippen LogP contribution in [-0.4, -0.2) is 64.7 Å². The Morgan fingerprint density at radius 3 is 2.43 bits per heavy atom. The molecule has 0 spiro atoms. The fourth-order valence-electron chi connectivity index (χ4n) is 3.28. The zero-order chi connectivity index (χ0) is 21.3. The molecular formula is C21H22N4O4S. The van der Waals surface area contributed by atoms with Crippen LogP contribution in [0, 0.1) is 0 Å². The first kappa shape index (κ1) is 20.1. The Balaban J connectivity index is 1.39. The maximum absolute atomic E-state index is 12.8. The monoisotopic (exact) mass is 426 g/mol. The highest BCUT2D eigenvalue weighted by Crippen LogP contribution is 2.31. The van der Waals surface area contributed by atoms with E-state index in [1.165, 1.54) is 16.2 Å². The number of thiazole rings is 1. The first-order valence-electron chi connectivity index (χ1n) is 9.77. The number of nitrogens with zero attached hydrogens (tertiary/aromatic N) is 3. The average molecular weight is 426 g/mol. The minimum atomic E-state index is -0.615. The van der Waals surface area contributed by atoms with Crippen molar-refractivity contribution in [3.05, 3.63) is 42.2 Å². The molecule has 3 heterocycles. The Labute approximate surface area is 177 Å². The van der Waals surface area contributed by atoms with Crippen molar-refractivity contribution in [2.24, 2.45) is 0 Å². The van der Waals surface area contributed by atoms with Crippen LogP contribution in [-0.2, 0) is 9.59 Å². The molecule has 0 aliphatic carbocycles. The van der Waals surface area contributed by atoms with E-state index in [1.807, 2.05) is 24.3 Å². The van der Waals surface area contributed by atoms with Gasteiger partial charge in [0.05, 0.1) is 10.2 Å². The van der Waals surface area contributed by atoms with E-state index in [9.17, 15) is 14.4 Å². The summed E-state index contributed by atoms with van der Waals surface area (Å²) in [5.74, 6) is -0.621. The highest BCUT2D eigenvalue weighted by Gasteiger charge is 2.29. The van der Waals surface area contributed by atoms with Gasteiger partial charge in [0, 0.05) is 32.2 Å². The Hall–Kier alpha value is -3.20. The van der Waals surface area contributed by atoms with Gasteiger partial charge in [-0.3, -0.25) is 14.4 Å². The van der Waals surface area contributed by atoms with E-state index in [4.69, 9.17) is 4.42 Å². The lowest BCUT2D eigenvalue weighted by molar-refractivity contribution is -0.147. The lowest BCUT2D eigenvalue weighted by Crippen LogP contribution is -2.54. The van der Waals surface area contributed by atoms with Crippen molar-refractivity contribution in [2.75, 3.05) is 26.2 Å². The number of amides is 3. The molecule has 3 amide bonds. The maximum Gasteiger partial charge on any atom is 0.312 e. The summed E-state index contributed by atoms with van der Waals surface area (Å²) in [6.07, 6.45) is 0. The summed E-state index contributed by atoms with van der Waals surface area (Å²) >= 11 is 1.51. The van der Waals surface area contributed by atoms with Crippen molar-refractivity contribution >= 4 is 39.3 Å². The number of para-hydroxylation sites is 1. The van der Waals surface area contributed by atoms with Gasteiger partial charge in [-0.2, -0.15) is 0 Å². The van der Waals surface area contributed by atoms with Crippen LogP contribution in [0.3, 0.4) is 0 Å². The quantitative estimate of drug-likeness (QED) is 0.649. The normalized spacial score (nSPS) is 14.4. The topological polar surface area (TPSA) is 95.8 Å². The van der Waals surface area contributed by atoms with Crippen LogP contribution in [0.25, 0.3) is 21.0 Å². The lowest BCUT2D eigenvalue weighted by Gasteiger charge is -2.34. The molecule has 1 fully saturated rings. The molecule has 3 aromatic rings. The van der Waals surface area contributed by atoms with Gasteiger partial charge < -0.3 is 19.5 Å². The van der Waals surface area contributed by atoms with Crippen LogP contribution in [0.1, 0.15) is 24.4 Å². The summed E-state index contributed by atoms with van der Waals surface area (Å²) < 4.78 is 6.84. The molecule has 9 heteroatoms. The van der Waals surface area contributed by atoms with Gasteiger partial charge in [-0.1, -0.05) is 12.1 Å². The van der Waals surface area contributed by atoms with Crippen molar-refractivity contribution in [2.45, 2.75) is 19.9 Å². The van der Waals surface area contributed by atoms with Crippen LogP contribution in [0.4, 0.5) is 0 Å². The van der Waals surface area contributed by atoms with Gasteiger partial charge in [0.2, 0.25) is 0 Å². The summed E-state index contributed by atoms with van der Waals surface area (Å²) in [6, 6.07) is 11.1. The van der Waals surface area contributed by atoms with E-state index in [1.54, 1.807) is 30.9 Å². The van der Waals surface area contributed by atoms with Gasteiger partial charge in [0.1, 0.15) is 0 Å². The van der Waals surface area contributed by atoms with E-state index in [-0.39, 0.29) is 17.7 Å². The third kappa shape index (κ3) is 4.06. The fourth-order valence-corrected chi connectivity index (χ4v) is 4.21. The average Bonchev–Trinajstić information content (AvgIpc) is 3.39. The Morgan fingerprint density at radius 2 is 1.73 bits per heavy atom. The highest BCUT2D eigenvalue weighted by molar-refractivity contribution is 7.21. The third-order valence-electron chi connectivity index (χ3n) is 4.79. The molecule has 0 saturated carbocycles. The second-order valence-electron chi connectivity index (χ2n) is 7.36. The second kappa shape index (κ2) is 8.27. The molecule has 8 nitrogen and oxygen atoms in total. The fraction of sp³-hybridized carbons (Fsp3) is 0.333. The molecule has 156 valence electrons. The molecule has 4 rings (SSSR count). The summed E-state index contributed by atoms with van der Waals surface area (Å²) in [7, 11) is 0. The number of aromatic nitrogens is 1. The van der Waals surface area contributed by atoms with Gasteiger partial charge in [0.15, 0.2) is 16.5 Å². The molecule has 1 aliphatic heterocycles. The van der Waals surface area contributed by atoms with Crippen molar-refractivity contribution in [3.8, 4) is 10.8 Å². The number of fused-ring (bicyclic) bond motifs is 1. The maximum atomic E-state index is 12.8. The van der Waals surface area contributed by atoms with Crippen LogP contribution in [0.5, 0.6) is 0 Å². The molecule has 0 radical (unpaired) electrons. The third-order valence-corrected chi connectivity index (χ3v) is 5.84. The lowest BCUT2D eigenvalue weighted by atomic mass is 10.2. The Kier molecular flexibility index (Phi) is 5.54. The second-order valence-corrected chi connectivity index (χ2v) is 8.39. The van der Waals surface area contributed by atoms with E-state index >= 15 is 0 Å². The SMILES string of the molecule is CC(C)NC(=O)C(=O)N1CCN(C(=O)c2ccc(-c3nc4ccccc4s3)o2)CC1. The first-order valence-corrected chi connectivity index (χ1v) is 10.6. The Bertz CT molecular complexity index is 1060. The van der Waals surface area contributed by atoms with Gasteiger partial charge in [-0.05, 0) is 38.1 Å². The van der Waals surface area contributed by atoms with Gasteiger partial charge in [-0.25, -0.2) is 4.98 Å². The molecule has 0 unspecified atom stereocenters. The van der Waals surface area contributed by atoms with E-state index in [0.29, 0.717) is 31.9 Å². The number of carbonyl (C=O) groups excluding carboxylic acids is 3. The molecule has 30 heavy (non-hydrogen) atoms. The summed E-state index contributed by atoms with van der Waals surface area (Å²) in [6.45, 7) is 4.90. The first-order chi connectivity index (χ1) is 14.4. The van der Waals surface area contributed by atoms with Gasteiger partial charge in [-0.15, -0.1) is 11.3 Å². The molecule has 0 atom stereocenters. The number of benzene rings is 1. The molecule has 1 aromatic carbocycles. The van der Waals surface area contributed by atoms with Gasteiger partial charge >= 0.3 is 11.8 Å². The minimum absolute atomic E-state index is 0.104. The van der Waals surface area contributed by atoms with E-state index in [0.717, 1.165) is 15.2 Å². The summed E-state index contributed by atoms with van der Waals surface area (Å²) in [5.41, 5.74) is 0.893. The van der Waals surface area contributed by atoms with Gasteiger partial charge in [0.25, 0.3) is 5.91 Å². The minimum Gasteiger partial charge on any atom is -0.448 e. The number of hydrogen-bond acceptors (Lipinski definition) is 6. The van der Waals surface area contributed by atoms with Crippen molar-refractivity contribution in [1.29, 1.82) is 0 Å². The predicted molar refractivity (Wildman–Crippen MR) is 113 cm³/mol. The molecular weight excluding hydrogens is 404 g/mol. The zero-order valence-corrected chi connectivity index (χ0v) is 17.6.